The molecule has 3 heteroatoms. The summed E-state index contributed by atoms with van der Waals surface area (Å²) in [6, 6.07) is 7.29. The van der Waals surface area contributed by atoms with Gasteiger partial charge in [-0.3, -0.25) is 4.79 Å². The van der Waals surface area contributed by atoms with E-state index in [1.165, 1.54) is 0 Å². The summed E-state index contributed by atoms with van der Waals surface area (Å²) in [7, 11) is 1.58. The summed E-state index contributed by atoms with van der Waals surface area (Å²) < 4.78 is 5.02. The summed E-state index contributed by atoms with van der Waals surface area (Å²) in [5.41, 5.74) is -0.0867. The lowest BCUT2D eigenvalue weighted by Gasteiger charge is -2.00. The summed E-state index contributed by atoms with van der Waals surface area (Å²) in [6.07, 6.45) is 1.64. The fourth-order valence-corrected chi connectivity index (χ4v) is 1.29. The smallest absolute Gasteiger partial charge is 0.255 e. The van der Waals surface area contributed by atoms with Gasteiger partial charge >= 0.3 is 0 Å². The maximum absolute atomic E-state index is 11.3. The Labute approximate surface area is 75.0 Å². The van der Waals surface area contributed by atoms with E-state index in [2.05, 4.69) is 4.98 Å². The fourth-order valence-electron chi connectivity index (χ4n) is 1.29. The molecule has 0 bridgehead atoms. The molecule has 66 valence electrons. The molecule has 13 heavy (non-hydrogen) atoms. The highest BCUT2D eigenvalue weighted by atomic mass is 16.5. The zero-order valence-electron chi connectivity index (χ0n) is 7.20. The molecule has 0 spiro atoms. The minimum atomic E-state index is -0.0867. The average molecular weight is 175 g/mol. The normalized spacial score (nSPS) is 10.2. The molecule has 1 aromatic heterocycles. The molecule has 0 aliphatic carbocycles. The summed E-state index contributed by atoms with van der Waals surface area (Å²) in [5, 5.41) is 1.58. The number of methoxy groups -OCH3 is 1. The molecule has 0 aliphatic heterocycles. The van der Waals surface area contributed by atoms with Crippen LogP contribution < -0.4 is 10.3 Å². The number of ether oxygens (including phenoxy) is 1. The van der Waals surface area contributed by atoms with Crippen molar-refractivity contribution >= 4 is 10.8 Å². The van der Waals surface area contributed by atoms with Gasteiger partial charge in [-0.1, -0.05) is 6.07 Å². The second-order valence-electron chi connectivity index (χ2n) is 2.76. The van der Waals surface area contributed by atoms with Crippen LogP contribution in [0.2, 0.25) is 0 Å². The molecule has 0 amide bonds. The number of hydrogen-bond acceptors (Lipinski definition) is 2. The maximum atomic E-state index is 11.3. The van der Waals surface area contributed by atoms with Gasteiger partial charge in [0, 0.05) is 6.20 Å². The van der Waals surface area contributed by atoms with Crippen molar-refractivity contribution < 1.29 is 4.74 Å². The van der Waals surface area contributed by atoms with Gasteiger partial charge < -0.3 is 9.72 Å². The fraction of sp³-hybridized carbons (Fsp3) is 0.100. The first-order chi connectivity index (χ1) is 6.31. The van der Waals surface area contributed by atoms with E-state index in [-0.39, 0.29) is 5.56 Å². The van der Waals surface area contributed by atoms with Gasteiger partial charge in [-0.15, -0.1) is 0 Å². The van der Waals surface area contributed by atoms with Crippen LogP contribution in [-0.2, 0) is 0 Å². The standard InChI is InChI=1S/C10H9NO2/c1-13-8-3-2-7-4-5-11-10(12)9(7)6-8/h2-6H,1H3,(H,11,12). The first kappa shape index (κ1) is 7.86. The monoisotopic (exact) mass is 175 g/mol. The Balaban J connectivity index is 2.82. The van der Waals surface area contributed by atoms with Crippen molar-refractivity contribution in [2.24, 2.45) is 0 Å². The Morgan fingerprint density at radius 1 is 1.31 bits per heavy atom. The van der Waals surface area contributed by atoms with Crippen LogP contribution in [0.5, 0.6) is 5.75 Å². The van der Waals surface area contributed by atoms with Crippen LogP contribution in [0.1, 0.15) is 0 Å². The van der Waals surface area contributed by atoms with Crippen molar-refractivity contribution in [3.05, 3.63) is 40.8 Å². The molecule has 0 aliphatic rings. The Morgan fingerprint density at radius 2 is 2.15 bits per heavy atom. The number of fused-ring (bicyclic) bond motifs is 1. The molecular formula is C10H9NO2. The highest BCUT2D eigenvalue weighted by molar-refractivity contribution is 5.82. The van der Waals surface area contributed by atoms with Crippen molar-refractivity contribution in [3.8, 4) is 5.75 Å². The van der Waals surface area contributed by atoms with Crippen molar-refractivity contribution in [1.82, 2.24) is 4.98 Å². The van der Waals surface area contributed by atoms with Gasteiger partial charge in [-0.25, -0.2) is 0 Å². The number of hydrogen-bond donors (Lipinski definition) is 1. The third-order valence-corrected chi connectivity index (χ3v) is 1.98. The number of aromatic amines is 1. The van der Waals surface area contributed by atoms with Crippen LogP contribution in [0.15, 0.2) is 35.3 Å². The molecule has 0 saturated carbocycles. The first-order valence-corrected chi connectivity index (χ1v) is 3.97. The van der Waals surface area contributed by atoms with Gasteiger partial charge in [0.1, 0.15) is 5.75 Å². The Hall–Kier alpha value is -1.77. The van der Waals surface area contributed by atoms with E-state index in [4.69, 9.17) is 4.74 Å². The summed E-state index contributed by atoms with van der Waals surface area (Å²) in [4.78, 5) is 14.0. The van der Waals surface area contributed by atoms with Crippen LogP contribution >= 0.6 is 0 Å². The highest BCUT2D eigenvalue weighted by Gasteiger charge is 1.98. The van der Waals surface area contributed by atoms with Gasteiger partial charge in [-0.2, -0.15) is 0 Å². The van der Waals surface area contributed by atoms with Gasteiger partial charge in [0.05, 0.1) is 12.5 Å². The Kier molecular flexibility index (Phi) is 1.77. The Bertz CT molecular complexity index is 487. The number of aromatic nitrogens is 1. The molecule has 2 aromatic rings. The average Bonchev–Trinajstić information content (AvgIpc) is 2.18. The predicted octanol–water partition coefficient (Wildman–Crippen LogP) is 1.54. The molecule has 1 N–H and O–H groups in total. The quantitative estimate of drug-likeness (QED) is 0.714. The van der Waals surface area contributed by atoms with E-state index >= 15 is 0 Å². The molecule has 0 unspecified atom stereocenters. The lowest BCUT2D eigenvalue weighted by molar-refractivity contribution is 0.415. The van der Waals surface area contributed by atoms with E-state index in [0.29, 0.717) is 11.1 Å². The number of H-pyrrole nitrogens is 1. The topological polar surface area (TPSA) is 42.1 Å². The summed E-state index contributed by atoms with van der Waals surface area (Å²) in [6.45, 7) is 0. The molecule has 0 radical (unpaired) electrons. The summed E-state index contributed by atoms with van der Waals surface area (Å²) >= 11 is 0. The predicted molar refractivity (Wildman–Crippen MR) is 51.1 cm³/mol. The third-order valence-electron chi connectivity index (χ3n) is 1.98. The second-order valence-corrected chi connectivity index (χ2v) is 2.76. The van der Waals surface area contributed by atoms with E-state index in [9.17, 15) is 4.79 Å². The third kappa shape index (κ3) is 1.28. The van der Waals surface area contributed by atoms with Gasteiger partial charge in [0.15, 0.2) is 0 Å². The summed E-state index contributed by atoms with van der Waals surface area (Å²) in [5.74, 6) is 0.698. The second kappa shape index (κ2) is 2.94. The van der Waals surface area contributed by atoms with E-state index in [1.807, 2.05) is 18.2 Å². The minimum Gasteiger partial charge on any atom is -0.497 e. The molecule has 0 fully saturated rings. The van der Waals surface area contributed by atoms with E-state index in [0.717, 1.165) is 5.39 Å². The molecule has 2 rings (SSSR count). The SMILES string of the molecule is COc1ccc2cc[nH]c(=O)c2c1. The van der Waals surface area contributed by atoms with E-state index in [1.54, 1.807) is 19.4 Å². The van der Waals surface area contributed by atoms with Gasteiger partial charge in [0.2, 0.25) is 0 Å². The van der Waals surface area contributed by atoms with Crippen LogP contribution in [0, 0.1) is 0 Å². The largest absolute Gasteiger partial charge is 0.497 e. The minimum absolute atomic E-state index is 0.0867. The number of pyridine rings is 1. The molecule has 0 atom stereocenters. The van der Waals surface area contributed by atoms with Crippen molar-refractivity contribution in [1.29, 1.82) is 0 Å². The van der Waals surface area contributed by atoms with Crippen molar-refractivity contribution in [3.63, 3.8) is 0 Å². The van der Waals surface area contributed by atoms with Crippen molar-refractivity contribution in [2.45, 2.75) is 0 Å². The Morgan fingerprint density at radius 3 is 2.92 bits per heavy atom. The molecule has 3 nitrogen and oxygen atoms in total. The number of benzene rings is 1. The molecule has 1 aromatic carbocycles. The van der Waals surface area contributed by atoms with Crippen molar-refractivity contribution in [2.75, 3.05) is 7.11 Å². The molecule has 0 saturated heterocycles. The molecule has 1 heterocycles. The van der Waals surface area contributed by atoms with Crippen LogP contribution in [0.25, 0.3) is 10.8 Å². The molecular weight excluding hydrogens is 166 g/mol. The lowest BCUT2D eigenvalue weighted by atomic mass is 10.2. The van der Waals surface area contributed by atoms with E-state index < -0.39 is 0 Å². The van der Waals surface area contributed by atoms with Crippen LogP contribution in [-0.4, -0.2) is 12.1 Å². The number of nitrogens with one attached hydrogen (secondary N) is 1. The zero-order chi connectivity index (χ0) is 9.26. The first-order valence-electron chi connectivity index (χ1n) is 3.97. The van der Waals surface area contributed by atoms with Gasteiger partial charge in [0.25, 0.3) is 5.56 Å². The van der Waals surface area contributed by atoms with Gasteiger partial charge in [-0.05, 0) is 23.6 Å². The maximum Gasteiger partial charge on any atom is 0.255 e. The zero-order valence-corrected chi connectivity index (χ0v) is 7.20. The highest BCUT2D eigenvalue weighted by Crippen LogP contribution is 2.16. The lowest BCUT2D eigenvalue weighted by Crippen LogP contribution is -2.04. The van der Waals surface area contributed by atoms with Crippen LogP contribution in [0.3, 0.4) is 0 Å². The number of rotatable bonds is 1. The van der Waals surface area contributed by atoms with Crippen LogP contribution in [0.4, 0.5) is 0 Å².